The number of piperidine rings is 1. The number of primary amides is 1. The van der Waals surface area contributed by atoms with Crippen LogP contribution in [0, 0.1) is 5.92 Å². The van der Waals surface area contributed by atoms with Gasteiger partial charge in [-0.25, -0.2) is 0 Å². The van der Waals surface area contributed by atoms with Gasteiger partial charge in [0.05, 0.1) is 7.11 Å². The van der Waals surface area contributed by atoms with Crippen LogP contribution in [0.4, 0.5) is 5.69 Å². The predicted octanol–water partition coefficient (Wildman–Crippen LogP) is 1.36. The van der Waals surface area contributed by atoms with Gasteiger partial charge in [-0.15, -0.1) is 0 Å². The van der Waals surface area contributed by atoms with Crippen LogP contribution in [0.25, 0.3) is 0 Å². The summed E-state index contributed by atoms with van der Waals surface area (Å²) in [5.41, 5.74) is 13.0. The summed E-state index contributed by atoms with van der Waals surface area (Å²) >= 11 is 0. The minimum Gasteiger partial charge on any atom is -0.496 e. The summed E-state index contributed by atoms with van der Waals surface area (Å²) in [4.78, 5) is 13.3. The van der Waals surface area contributed by atoms with Crippen LogP contribution in [-0.2, 0) is 11.3 Å². The van der Waals surface area contributed by atoms with Crippen LogP contribution in [-0.4, -0.2) is 31.0 Å². The molecule has 1 aromatic carbocycles. The van der Waals surface area contributed by atoms with Crippen LogP contribution >= 0.6 is 0 Å². The Bertz CT molecular complexity index is 468. The molecule has 0 atom stereocenters. The van der Waals surface area contributed by atoms with Gasteiger partial charge in [0.1, 0.15) is 5.75 Å². The van der Waals surface area contributed by atoms with Crippen molar-refractivity contribution in [1.82, 2.24) is 4.90 Å². The highest BCUT2D eigenvalue weighted by Crippen LogP contribution is 2.26. The summed E-state index contributed by atoms with van der Waals surface area (Å²) in [7, 11) is 1.67. The molecule has 1 aromatic rings. The largest absolute Gasteiger partial charge is 0.496 e. The lowest BCUT2D eigenvalue weighted by Crippen LogP contribution is -2.34. The Morgan fingerprint density at radius 2 is 2.10 bits per heavy atom. The number of hydrogen-bond donors (Lipinski definition) is 2. The number of hydrogen-bond acceptors (Lipinski definition) is 4. The molecule has 1 aliphatic rings. The van der Waals surface area contributed by atoms with Crippen molar-refractivity contribution in [3.05, 3.63) is 23.8 Å². The molecule has 0 unspecified atom stereocenters. The fraction of sp³-hybridized carbons (Fsp3) is 0.533. The van der Waals surface area contributed by atoms with Gasteiger partial charge in [0.2, 0.25) is 5.91 Å². The summed E-state index contributed by atoms with van der Waals surface area (Å²) in [5.74, 6) is 1.12. The van der Waals surface area contributed by atoms with Crippen LogP contribution in [0.5, 0.6) is 5.75 Å². The van der Waals surface area contributed by atoms with Crippen molar-refractivity contribution in [2.24, 2.45) is 11.7 Å². The van der Waals surface area contributed by atoms with Gasteiger partial charge in [0.15, 0.2) is 0 Å². The van der Waals surface area contributed by atoms with E-state index < -0.39 is 0 Å². The number of amides is 1. The molecule has 5 nitrogen and oxygen atoms in total. The third-order valence-electron chi connectivity index (χ3n) is 3.90. The first-order chi connectivity index (χ1) is 9.58. The van der Waals surface area contributed by atoms with Gasteiger partial charge < -0.3 is 16.2 Å². The zero-order valence-electron chi connectivity index (χ0n) is 12.0. The summed E-state index contributed by atoms with van der Waals surface area (Å²) in [5, 5.41) is 0. The molecule has 20 heavy (non-hydrogen) atoms. The van der Waals surface area contributed by atoms with Crippen molar-refractivity contribution in [1.29, 1.82) is 0 Å². The number of nitrogens with zero attached hydrogens (tertiary/aromatic N) is 1. The van der Waals surface area contributed by atoms with Crippen LogP contribution in [0.3, 0.4) is 0 Å². The molecule has 1 saturated heterocycles. The number of methoxy groups -OCH3 is 1. The number of carbonyl (C=O) groups is 1. The number of nitrogens with two attached hydrogens (primary N) is 2. The van der Waals surface area contributed by atoms with Gasteiger partial charge in [-0.3, -0.25) is 9.69 Å². The van der Waals surface area contributed by atoms with Gasteiger partial charge in [-0.05, 0) is 50.0 Å². The molecule has 110 valence electrons. The molecule has 4 N–H and O–H groups in total. The lowest BCUT2D eigenvalue weighted by Gasteiger charge is -2.31. The summed E-state index contributed by atoms with van der Waals surface area (Å²) in [6.07, 6.45) is 2.55. The van der Waals surface area contributed by atoms with E-state index in [2.05, 4.69) is 4.90 Å². The SMILES string of the molecule is COc1ccc(N)cc1CN1CCC(CC(N)=O)CC1. The normalized spacial score (nSPS) is 17.1. The average Bonchev–Trinajstić information content (AvgIpc) is 2.41. The maximum absolute atomic E-state index is 10.9. The Kier molecular flexibility index (Phi) is 4.84. The minimum absolute atomic E-state index is 0.194. The lowest BCUT2D eigenvalue weighted by atomic mass is 9.93. The molecule has 0 saturated carbocycles. The molecule has 5 heteroatoms. The molecule has 1 aliphatic heterocycles. The standard InChI is InChI=1S/C15H23N3O2/c1-20-14-3-2-13(16)9-12(14)10-18-6-4-11(5-7-18)8-15(17)19/h2-3,9,11H,4-8,10,16H2,1H3,(H2,17,19). The molecule has 1 amide bonds. The predicted molar refractivity (Wildman–Crippen MR) is 79.2 cm³/mol. The quantitative estimate of drug-likeness (QED) is 0.796. The Hall–Kier alpha value is -1.75. The van der Waals surface area contributed by atoms with E-state index in [1.54, 1.807) is 7.11 Å². The minimum atomic E-state index is -0.194. The van der Waals surface area contributed by atoms with E-state index in [0.29, 0.717) is 12.3 Å². The molecule has 0 spiro atoms. The molecule has 0 radical (unpaired) electrons. The molecule has 0 bridgehead atoms. The Morgan fingerprint density at radius 1 is 1.40 bits per heavy atom. The lowest BCUT2D eigenvalue weighted by molar-refractivity contribution is -0.119. The smallest absolute Gasteiger partial charge is 0.217 e. The zero-order valence-corrected chi connectivity index (χ0v) is 12.0. The molecule has 1 fully saturated rings. The highest BCUT2D eigenvalue weighted by atomic mass is 16.5. The third-order valence-corrected chi connectivity index (χ3v) is 3.90. The van der Waals surface area contributed by atoms with E-state index in [1.807, 2.05) is 18.2 Å². The first-order valence-electron chi connectivity index (χ1n) is 7.01. The zero-order chi connectivity index (χ0) is 14.5. The number of carbonyl (C=O) groups excluding carboxylic acids is 1. The van der Waals surface area contributed by atoms with E-state index in [9.17, 15) is 4.79 Å². The van der Waals surface area contributed by atoms with Gasteiger partial charge in [-0.1, -0.05) is 0 Å². The Labute approximate surface area is 119 Å². The van der Waals surface area contributed by atoms with E-state index in [4.69, 9.17) is 16.2 Å². The third kappa shape index (κ3) is 3.87. The van der Waals surface area contributed by atoms with Crippen LogP contribution in [0.15, 0.2) is 18.2 Å². The highest BCUT2D eigenvalue weighted by molar-refractivity contribution is 5.73. The topological polar surface area (TPSA) is 81.6 Å². The summed E-state index contributed by atoms with van der Waals surface area (Å²) in [6, 6.07) is 5.72. The second-order valence-corrected chi connectivity index (χ2v) is 5.46. The number of ether oxygens (including phenoxy) is 1. The van der Waals surface area contributed by atoms with Gasteiger partial charge in [0.25, 0.3) is 0 Å². The van der Waals surface area contributed by atoms with Crippen molar-refractivity contribution >= 4 is 11.6 Å². The van der Waals surface area contributed by atoms with Crippen molar-refractivity contribution in [3.8, 4) is 5.75 Å². The van der Waals surface area contributed by atoms with E-state index >= 15 is 0 Å². The van der Waals surface area contributed by atoms with Gasteiger partial charge in [-0.2, -0.15) is 0 Å². The van der Waals surface area contributed by atoms with Crippen LogP contribution in [0.1, 0.15) is 24.8 Å². The average molecular weight is 277 g/mol. The maximum Gasteiger partial charge on any atom is 0.217 e. The second kappa shape index (κ2) is 6.61. The molecule has 2 rings (SSSR count). The summed E-state index contributed by atoms with van der Waals surface area (Å²) in [6.45, 7) is 2.79. The highest BCUT2D eigenvalue weighted by Gasteiger charge is 2.21. The van der Waals surface area contributed by atoms with E-state index in [0.717, 1.165) is 49.5 Å². The molecular weight excluding hydrogens is 254 g/mol. The van der Waals surface area contributed by atoms with Crippen molar-refractivity contribution in [2.75, 3.05) is 25.9 Å². The Morgan fingerprint density at radius 3 is 2.70 bits per heavy atom. The van der Waals surface area contributed by atoms with Crippen LogP contribution < -0.4 is 16.2 Å². The number of nitrogen functional groups attached to an aromatic ring is 1. The second-order valence-electron chi connectivity index (χ2n) is 5.46. The van der Waals surface area contributed by atoms with Crippen LogP contribution in [0.2, 0.25) is 0 Å². The molecular formula is C15H23N3O2. The molecule has 0 aliphatic carbocycles. The molecule has 1 heterocycles. The number of rotatable bonds is 5. The van der Waals surface area contributed by atoms with Gasteiger partial charge in [0, 0.05) is 24.2 Å². The van der Waals surface area contributed by atoms with Crippen molar-refractivity contribution < 1.29 is 9.53 Å². The number of benzene rings is 1. The fourth-order valence-electron chi connectivity index (χ4n) is 2.80. The van der Waals surface area contributed by atoms with Gasteiger partial charge >= 0.3 is 0 Å². The number of likely N-dealkylation sites (tertiary alicyclic amines) is 1. The first-order valence-corrected chi connectivity index (χ1v) is 7.01. The fourth-order valence-corrected chi connectivity index (χ4v) is 2.80. The first kappa shape index (κ1) is 14.7. The Balaban J connectivity index is 1.92. The maximum atomic E-state index is 10.9. The van der Waals surface area contributed by atoms with Crippen molar-refractivity contribution in [3.63, 3.8) is 0 Å². The monoisotopic (exact) mass is 277 g/mol. The van der Waals surface area contributed by atoms with E-state index in [1.165, 1.54) is 0 Å². The summed E-state index contributed by atoms with van der Waals surface area (Å²) < 4.78 is 5.37. The number of anilines is 1. The van der Waals surface area contributed by atoms with E-state index in [-0.39, 0.29) is 5.91 Å². The molecule has 0 aromatic heterocycles. The van der Waals surface area contributed by atoms with Crippen molar-refractivity contribution in [2.45, 2.75) is 25.8 Å².